The van der Waals surface area contributed by atoms with Gasteiger partial charge in [0.2, 0.25) is 10.1 Å². The van der Waals surface area contributed by atoms with Crippen molar-refractivity contribution < 1.29 is 0 Å². The Morgan fingerprint density at radius 3 is 2.42 bits per heavy atom. The molecule has 0 aliphatic carbocycles. The second kappa shape index (κ2) is 5.70. The van der Waals surface area contributed by atoms with Crippen molar-refractivity contribution in [2.75, 3.05) is 36.0 Å². The molecular weight excluding hydrogens is 322 g/mol. The first-order chi connectivity index (χ1) is 11.5. The molecule has 0 atom stereocenters. The molecule has 0 aromatic carbocycles. The SMILES string of the molecule is CC(C)(C)c1cn2nc(N3CCN(c4cnccn4)CC3)sc2n1. The van der Waals surface area contributed by atoms with E-state index < -0.39 is 0 Å². The lowest BCUT2D eigenvalue weighted by Gasteiger charge is -2.34. The Morgan fingerprint density at radius 2 is 1.79 bits per heavy atom. The van der Waals surface area contributed by atoms with E-state index in [1.807, 2.05) is 16.9 Å². The quantitative estimate of drug-likeness (QED) is 0.711. The number of aromatic nitrogens is 5. The molecule has 1 fully saturated rings. The van der Waals surface area contributed by atoms with Crippen LogP contribution in [0.3, 0.4) is 0 Å². The van der Waals surface area contributed by atoms with Gasteiger partial charge in [0.1, 0.15) is 5.82 Å². The summed E-state index contributed by atoms with van der Waals surface area (Å²) in [4.78, 5) is 18.8. The van der Waals surface area contributed by atoms with Gasteiger partial charge in [0, 0.05) is 44.0 Å². The third-order valence-electron chi connectivity index (χ3n) is 4.22. The van der Waals surface area contributed by atoms with Gasteiger partial charge in [-0.2, -0.15) is 0 Å². The van der Waals surface area contributed by atoms with Crippen LogP contribution < -0.4 is 9.80 Å². The molecule has 1 saturated heterocycles. The molecule has 8 heteroatoms. The first-order valence-corrected chi connectivity index (χ1v) is 8.95. The minimum absolute atomic E-state index is 0.0515. The molecule has 3 aromatic heterocycles. The summed E-state index contributed by atoms with van der Waals surface area (Å²) in [5.41, 5.74) is 1.14. The van der Waals surface area contributed by atoms with Crippen molar-refractivity contribution in [1.29, 1.82) is 0 Å². The van der Waals surface area contributed by atoms with Crippen LogP contribution in [0.5, 0.6) is 0 Å². The lowest BCUT2D eigenvalue weighted by molar-refractivity contribution is 0.572. The molecule has 1 aliphatic rings. The summed E-state index contributed by atoms with van der Waals surface area (Å²) in [6.07, 6.45) is 7.31. The van der Waals surface area contributed by atoms with E-state index in [1.54, 1.807) is 23.7 Å². The fourth-order valence-corrected chi connectivity index (χ4v) is 3.69. The molecule has 4 rings (SSSR count). The molecule has 0 amide bonds. The van der Waals surface area contributed by atoms with Gasteiger partial charge >= 0.3 is 0 Å². The minimum Gasteiger partial charge on any atom is -0.352 e. The number of hydrogen-bond donors (Lipinski definition) is 0. The maximum atomic E-state index is 4.73. The molecule has 0 bridgehead atoms. The summed E-state index contributed by atoms with van der Waals surface area (Å²) in [5.74, 6) is 0.945. The van der Waals surface area contributed by atoms with Gasteiger partial charge in [-0.15, -0.1) is 5.10 Å². The molecule has 0 unspecified atom stereocenters. The Kier molecular flexibility index (Phi) is 3.64. The fraction of sp³-hybridized carbons (Fsp3) is 0.500. The molecule has 7 nitrogen and oxygen atoms in total. The highest BCUT2D eigenvalue weighted by Gasteiger charge is 2.23. The zero-order valence-electron chi connectivity index (χ0n) is 14.2. The summed E-state index contributed by atoms with van der Waals surface area (Å²) in [6, 6.07) is 0. The molecule has 126 valence electrons. The van der Waals surface area contributed by atoms with Crippen molar-refractivity contribution >= 4 is 27.2 Å². The number of anilines is 2. The first-order valence-electron chi connectivity index (χ1n) is 8.13. The molecule has 1 aliphatic heterocycles. The van der Waals surface area contributed by atoms with E-state index >= 15 is 0 Å². The first kappa shape index (κ1) is 15.3. The van der Waals surface area contributed by atoms with E-state index in [9.17, 15) is 0 Å². The van der Waals surface area contributed by atoms with Crippen LogP contribution in [0.25, 0.3) is 4.96 Å². The van der Waals surface area contributed by atoms with Gasteiger partial charge in [-0.1, -0.05) is 32.1 Å². The molecule has 0 spiro atoms. The predicted octanol–water partition coefficient (Wildman–Crippen LogP) is 2.20. The Hall–Kier alpha value is -2.22. The third kappa shape index (κ3) is 2.82. The van der Waals surface area contributed by atoms with Crippen LogP contribution >= 0.6 is 11.3 Å². The maximum absolute atomic E-state index is 4.73. The van der Waals surface area contributed by atoms with Crippen molar-refractivity contribution in [2.24, 2.45) is 0 Å². The van der Waals surface area contributed by atoms with Crippen molar-refractivity contribution in [3.05, 3.63) is 30.5 Å². The van der Waals surface area contributed by atoms with Gasteiger partial charge in [0.15, 0.2) is 0 Å². The van der Waals surface area contributed by atoms with Crippen LogP contribution in [-0.4, -0.2) is 50.7 Å². The predicted molar refractivity (Wildman–Crippen MR) is 96.0 cm³/mol. The van der Waals surface area contributed by atoms with Gasteiger partial charge in [-0.25, -0.2) is 14.5 Å². The Balaban J connectivity index is 1.47. The Labute approximate surface area is 145 Å². The molecule has 0 saturated carbocycles. The van der Waals surface area contributed by atoms with E-state index in [-0.39, 0.29) is 5.41 Å². The van der Waals surface area contributed by atoms with Gasteiger partial charge in [-0.3, -0.25) is 4.98 Å². The van der Waals surface area contributed by atoms with Gasteiger partial charge < -0.3 is 9.80 Å². The maximum Gasteiger partial charge on any atom is 0.214 e. The van der Waals surface area contributed by atoms with Crippen molar-refractivity contribution in [2.45, 2.75) is 26.2 Å². The number of nitrogens with zero attached hydrogens (tertiary/aromatic N) is 7. The zero-order chi connectivity index (χ0) is 16.7. The summed E-state index contributed by atoms with van der Waals surface area (Å²) < 4.78 is 1.91. The van der Waals surface area contributed by atoms with Crippen molar-refractivity contribution in [3.8, 4) is 0 Å². The van der Waals surface area contributed by atoms with E-state index in [4.69, 9.17) is 10.1 Å². The highest BCUT2D eigenvalue weighted by Crippen LogP contribution is 2.28. The van der Waals surface area contributed by atoms with Crippen LogP contribution in [0.4, 0.5) is 10.9 Å². The van der Waals surface area contributed by atoms with Crippen molar-refractivity contribution in [1.82, 2.24) is 24.6 Å². The van der Waals surface area contributed by atoms with Crippen LogP contribution in [0.1, 0.15) is 26.5 Å². The van der Waals surface area contributed by atoms with Crippen LogP contribution in [0.2, 0.25) is 0 Å². The highest BCUT2D eigenvalue weighted by molar-refractivity contribution is 7.20. The number of imidazole rings is 1. The van der Waals surface area contributed by atoms with Crippen LogP contribution in [0.15, 0.2) is 24.8 Å². The lowest BCUT2D eigenvalue weighted by Crippen LogP contribution is -2.46. The Morgan fingerprint density at radius 1 is 1.04 bits per heavy atom. The smallest absolute Gasteiger partial charge is 0.214 e. The summed E-state index contributed by atoms with van der Waals surface area (Å²) in [7, 11) is 0. The zero-order valence-corrected chi connectivity index (χ0v) is 15.0. The van der Waals surface area contributed by atoms with Crippen molar-refractivity contribution in [3.63, 3.8) is 0 Å². The lowest BCUT2D eigenvalue weighted by atomic mass is 9.93. The third-order valence-corrected chi connectivity index (χ3v) is 5.21. The fourth-order valence-electron chi connectivity index (χ4n) is 2.76. The molecule has 0 N–H and O–H groups in total. The topological polar surface area (TPSA) is 62.5 Å². The number of piperazine rings is 1. The Bertz CT molecular complexity index is 794. The van der Waals surface area contributed by atoms with Gasteiger partial charge in [-0.05, 0) is 0 Å². The summed E-state index contributed by atoms with van der Waals surface area (Å²) in [6.45, 7) is 10.2. The largest absolute Gasteiger partial charge is 0.352 e. The number of fused-ring (bicyclic) bond motifs is 1. The molecule has 24 heavy (non-hydrogen) atoms. The average Bonchev–Trinajstić information content (AvgIpc) is 3.14. The van der Waals surface area contributed by atoms with Crippen LogP contribution in [0, 0.1) is 0 Å². The molecular formula is C16H21N7S. The van der Waals surface area contributed by atoms with Gasteiger partial charge in [0.05, 0.1) is 18.1 Å². The van der Waals surface area contributed by atoms with E-state index in [2.05, 4.69) is 40.5 Å². The molecule has 0 radical (unpaired) electrons. The van der Waals surface area contributed by atoms with Crippen LogP contribution in [-0.2, 0) is 5.41 Å². The monoisotopic (exact) mass is 343 g/mol. The van der Waals surface area contributed by atoms with E-state index in [0.29, 0.717) is 0 Å². The van der Waals surface area contributed by atoms with E-state index in [0.717, 1.165) is 47.8 Å². The number of rotatable bonds is 2. The molecule has 4 heterocycles. The van der Waals surface area contributed by atoms with E-state index in [1.165, 1.54) is 0 Å². The second-order valence-electron chi connectivity index (χ2n) is 7.03. The molecule has 3 aromatic rings. The summed E-state index contributed by atoms with van der Waals surface area (Å²) in [5, 5.41) is 5.76. The van der Waals surface area contributed by atoms with Gasteiger partial charge in [0.25, 0.3) is 0 Å². The second-order valence-corrected chi connectivity index (χ2v) is 7.96. The number of hydrogen-bond acceptors (Lipinski definition) is 7. The minimum atomic E-state index is 0.0515. The average molecular weight is 343 g/mol. The standard InChI is InChI=1S/C16H21N7S/c1-16(2,3)12-11-23-14(19-12)24-15(20-23)22-8-6-21(7-9-22)13-10-17-4-5-18-13/h4-5,10-11H,6-9H2,1-3H3. The highest BCUT2D eigenvalue weighted by atomic mass is 32.1. The normalized spacial score (nSPS) is 16.1. The summed E-state index contributed by atoms with van der Waals surface area (Å²) >= 11 is 1.66.